The lowest BCUT2D eigenvalue weighted by Gasteiger charge is -2.47. The molecule has 1 saturated carbocycles. The van der Waals surface area contributed by atoms with Crippen molar-refractivity contribution >= 4 is 22.7 Å². The molecule has 0 spiro atoms. The minimum absolute atomic E-state index is 0.00478. The Kier molecular flexibility index (Phi) is 6.46. The molecule has 4 aliphatic rings. The van der Waals surface area contributed by atoms with E-state index < -0.39 is 5.82 Å². The number of amides is 2. The summed E-state index contributed by atoms with van der Waals surface area (Å²) in [5.74, 6) is 0.475. The molecule has 2 bridgehead atoms. The number of carbonyl (C=O) groups excluding carboxylic acids is 2. The van der Waals surface area contributed by atoms with E-state index in [4.69, 9.17) is 0 Å². The summed E-state index contributed by atoms with van der Waals surface area (Å²) < 4.78 is 16.3. The highest BCUT2D eigenvalue weighted by atomic mass is 19.1. The molecule has 1 aliphatic carbocycles. The maximum Gasteiger partial charge on any atom is 0.256 e. The number of likely N-dealkylation sites (tertiary alicyclic amines) is 1. The molecule has 0 radical (unpaired) electrons. The largest absolute Gasteiger partial charge is 0.341 e. The molecule has 200 valence electrons. The third-order valence-electron chi connectivity index (χ3n) is 8.94. The summed E-state index contributed by atoms with van der Waals surface area (Å²) in [6.45, 7) is 5.41. The highest BCUT2D eigenvalue weighted by molar-refractivity contribution is 5.99. The van der Waals surface area contributed by atoms with Gasteiger partial charge in [-0.25, -0.2) is 4.39 Å². The monoisotopic (exact) mass is 517 g/mol. The van der Waals surface area contributed by atoms with Crippen LogP contribution in [0.2, 0.25) is 0 Å². The van der Waals surface area contributed by atoms with E-state index in [1.54, 1.807) is 30.4 Å². The Labute approximate surface area is 223 Å². The molecule has 1 aromatic carbocycles. The van der Waals surface area contributed by atoms with Gasteiger partial charge in [0.05, 0.1) is 29.0 Å². The quantitative estimate of drug-likeness (QED) is 0.533. The number of hydrogen-bond acceptors (Lipinski definition) is 4. The number of halogens is 1. The molecule has 3 aliphatic heterocycles. The van der Waals surface area contributed by atoms with Crippen LogP contribution in [0.25, 0.3) is 16.6 Å². The predicted molar refractivity (Wildman–Crippen MR) is 145 cm³/mol. The minimum Gasteiger partial charge on any atom is -0.341 e. The lowest BCUT2D eigenvalue weighted by atomic mass is 9.75. The van der Waals surface area contributed by atoms with Gasteiger partial charge in [-0.3, -0.25) is 14.6 Å². The molecule has 5 heterocycles. The number of fused-ring (bicyclic) bond motifs is 4. The van der Waals surface area contributed by atoms with Crippen molar-refractivity contribution < 1.29 is 14.0 Å². The first kappa shape index (κ1) is 25.0. The van der Waals surface area contributed by atoms with Gasteiger partial charge in [-0.2, -0.15) is 0 Å². The Morgan fingerprint density at radius 2 is 1.92 bits per heavy atom. The molecule has 7 rings (SSSR count). The van der Waals surface area contributed by atoms with Gasteiger partial charge in [0.2, 0.25) is 5.91 Å². The molecule has 3 saturated heterocycles. The molecule has 4 fully saturated rings. The van der Waals surface area contributed by atoms with Gasteiger partial charge in [-0.15, -0.1) is 0 Å². The van der Waals surface area contributed by atoms with Crippen molar-refractivity contribution in [1.82, 2.24) is 24.7 Å². The van der Waals surface area contributed by atoms with E-state index in [1.807, 2.05) is 29.4 Å². The Morgan fingerprint density at radius 1 is 1.16 bits per heavy atom. The molecule has 1 atom stereocenters. The second kappa shape index (κ2) is 9.80. The number of hydrogen-bond donors (Lipinski definition) is 1. The molecule has 7 nitrogen and oxygen atoms in total. The first-order chi connectivity index (χ1) is 18.3. The zero-order chi connectivity index (χ0) is 26.6. The molecule has 1 N–H and O–H groups in total. The zero-order valence-corrected chi connectivity index (χ0v) is 22.4. The van der Waals surface area contributed by atoms with Crippen molar-refractivity contribution in [2.75, 3.05) is 20.1 Å². The van der Waals surface area contributed by atoms with Gasteiger partial charge in [-0.1, -0.05) is 0 Å². The third kappa shape index (κ3) is 4.38. The number of aromatic nitrogens is 2. The lowest BCUT2D eigenvalue weighted by molar-refractivity contribution is -0.143. The van der Waals surface area contributed by atoms with Crippen LogP contribution in [-0.4, -0.2) is 69.4 Å². The number of nitrogens with zero attached hydrogens (tertiary/aromatic N) is 4. The Balaban J connectivity index is 1.24. The molecule has 2 amide bonds. The first-order valence-electron chi connectivity index (χ1n) is 13.9. The predicted octanol–water partition coefficient (Wildman–Crippen LogP) is 4.18. The van der Waals surface area contributed by atoms with E-state index >= 15 is 0 Å². The summed E-state index contributed by atoms with van der Waals surface area (Å²) in [7, 11) is 1.74. The van der Waals surface area contributed by atoms with Gasteiger partial charge in [0, 0.05) is 50.0 Å². The van der Waals surface area contributed by atoms with Gasteiger partial charge < -0.3 is 19.7 Å². The fourth-order valence-electron chi connectivity index (χ4n) is 6.49. The topological polar surface area (TPSA) is 70.5 Å². The summed E-state index contributed by atoms with van der Waals surface area (Å²) in [6, 6.07) is 6.87. The average Bonchev–Trinajstić information content (AvgIpc) is 3.28. The van der Waals surface area contributed by atoms with Gasteiger partial charge in [-0.05, 0) is 87.6 Å². The van der Waals surface area contributed by atoms with Gasteiger partial charge in [0.15, 0.2) is 0 Å². The van der Waals surface area contributed by atoms with Crippen molar-refractivity contribution in [3.63, 3.8) is 0 Å². The number of benzene rings is 1. The molecule has 3 aromatic rings. The molecular formula is C30H36FN5O2. The van der Waals surface area contributed by atoms with Crippen LogP contribution in [0.1, 0.15) is 55.5 Å². The van der Waals surface area contributed by atoms with E-state index in [2.05, 4.69) is 16.5 Å². The fourth-order valence-corrected chi connectivity index (χ4v) is 6.49. The van der Waals surface area contributed by atoms with Crippen molar-refractivity contribution in [3.05, 3.63) is 59.8 Å². The third-order valence-corrected chi connectivity index (χ3v) is 8.94. The number of rotatable bonds is 6. The summed E-state index contributed by atoms with van der Waals surface area (Å²) in [5, 5.41) is 4.65. The van der Waals surface area contributed by atoms with Crippen LogP contribution in [0.15, 0.2) is 42.9 Å². The second-order valence-electron chi connectivity index (χ2n) is 11.7. The van der Waals surface area contributed by atoms with E-state index in [1.165, 1.54) is 37.8 Å². The highest BCUT2D eigenvalue weighted by Crippen LogP contribution is 2.36. The van der Waals surface area contributed by atoms with Crippen molar-refractivity contribution in [2.45, 2.75) is 64.1 Å². The van der Waals surface area contributed by atoms with E-state index in [0.717, 1.165) is 36.0 Å². The minimum atomic E-state index is -0.441. The average molecular weight is 518 g/mol. The van der Waals surface area contributed by atoms with Crippen LogP contribution in [0.3, 0.4) is 0 Å². The molecule has 0 unspecified atom stereocenters. The van der Waals surface area contributed by atoms with Crippen molar-refractivity contribution in [3.8, 4) is 5.69 Å². The number of pyridine rings is 1. The standard InChI is InChI=1S/C30H36FN5O2/c1-18(2)34(3)29(37)25-13-22(31)6-9-26(25)36-17-21(24-10-11-32-14-27(24)36)12-19-15-35(16-19)30(38)28-20-4-7-23(33-28)8-5-20/h6,9-11,13-14,17-20,23,28,33H,4-5,7-8,12,15-16H2,1-3H3/t20?,23?,28-/m0/s1. The summed E-state index contributed by atoms with van der Waals surface area (Å²) in [5.41, 5.74) is 2.99. The van der Waals surface area contributed by atoms with Gasteiger partial charge in [0.1, 0.15) is 5.82 Å². The molecule has 8 heteroatoms. The summed E-state index contributed by atoms with van der Waals surface area (Å²) in [6.07, 6.45) is 11.2. The lowest BCUT2D eigenvalue weighted by Crippen LogP contribution is -2.63. The maximum atomic E-state index is 14.3. The maximum absolute atomic E-state index is 14.3. The fraction of sp³-hybridized carbons (Fsp3) is 0.500. The molecule has 2 aromatic heterocycles. The number of piperidine rings is 2. The van der Waals surface area contributed by atoms with Crippen LogP contribution < -0.4 is 5.32 Å². The van der Waals surface area contributed by atoms with Gasteiger partial charge in [0.25, 0.3) is 5.91 Å². The summed E-state index contributed by atoms with van der Waals surface area (Å²) in [4.78, 5) is 34.4. The summed E-state index contributed by atoms with van der Waals surface area (Å²) >= 11 is 0. The van der Waals surface area contributed by atoms with E-state index in [9.17, 15) is 14.0 Å². The van der Waals surface area contributed by atoms with Crippen LogP contribution >= 0.6 is 0 Å². The van der Waals surface area contributed by atoms with Crippen molar-refractivity contribution in [2.24, 2.45) is 11.8 Å². The second-order valence-corrected chi connectivity index (χ2v) is 11.7. The van der Waals surface area contributed by atoms with Crippen LogP contribution in [0, 0.1) is 17.7 Å². The molecule has 38 heavy (non-hydrogen) atoms. The van der Waals surface area contributed by atoms with E-state index in [-0.39, 0.29) is 23.9 Å². The Hall–Kier alpha value is -3.26. The normalized spacial score (nSPS) is 23.2. The highest BCUT2D eigenvalue weighted by Gasteiger charge is 2.43. The Bertz CT molecular complexity index is 1370. The van der Waals surface area contributed by atoms with Crippen LogP contribution in [0.4, 0.5) is 4.39 Å². The molecular weight excluding hydrogens is 481 g/mol. The van der Waals surface area contributed by atoms with Gasteiger partial charge >= 0.3 is 0 Å². The smallest absolute Gasteiger partial charge is 0.256 e. The van der Waals surface area contributed by atoms with Crippen molar-refractivity contribution in [1.29, 1.82) is 0 Å². The van der Waals surface area contributed by atoms with Crippen LogP contribution in [-0.2, 0) is 11.2 Å². The first-order valence-corrected chi connectivity index (χ1v) is 13.9. The SMILES string of the molecule is CC(C)N(C)C(=O)c1cc(F)ccc1-n1cc(CC2CN(C(=O)[C@H]3NC4CCC3CC4)C2)c2ccncc21. The number of carbonyl (C=O) groups is 2. The number of nitrogens with one attached hydrogen (secondary N) is 1. The Morgan fingerprint density at radius 3 is 2.61 bits per heavy atom. The van der Waals surface area contributed by atoms with Crippen LogP contribution in [0.5, 0.6) is 0 Å². The van der Waals surface area contributed by atoms with E-state index in [0.29, 0.717) is 29.1 Å². The zero-order valence-electron chi connectivity index (χ0n) is 22.4.